The van der Waals surface area contributed by atoms with E-state index in [4.69, 9.17) is 4.74 Å². The standard InChI is InChI=1S/C16H24N2O3/c1-17(10-13-5-7-15(21-2)8-6-13)11-14(19)12-18-9-3-4-16(18)20/h5-8,14,19H,3-4,9-12H2,1-2H3. The summed E-state index contributed by atoms with van der Waals surface area (Å²) in [7, 11) is 3.62. The van der Waals surface area contributed by atoms with Crippen LogP contribution in [0, 0.1) is 0 Å². The first-order chi connectivity index (χ1) is 10.1. The number of hydrogen-bond donors (Lipinski definition) is 1. The molecule has 1 atom stereocenters. The third-order valence-electron chi connectivity index (χ3n) is 3.74. The van der Waals surface area contributed by atoms with Gasteiger partial charge in [-0.1, -0.05) is 12.1 Å². The van der Waals surface area contributed by atoms with Crippen molar-refractivity contribution in [3.8, 4) is 5.75 Å². The lowest BCUT2D eigenvalue weighted by Gasteiger charge is -2.24. The predicted octanol–water partition coefficient (Wildman–Crippen LogP) is 1.11. The van der Waals surface area contributed by atoms with Crippen molar-refractivity contribution in [3.05, 3.63) is 29.8 Å². The number of rotatable bonds is 7. The molecule has 1 aliphatic rings. The molecule has 0 aliphatic carbocycles. The van der Waals surface area contributed by atoms with E-state index in [2.05, 4.69) is 4.90 Å². The number of carbonyl (C=O) groups is 1. The Morgan fingerprint density at radius 1 is 1.38 bits per heavy atom. The third kappa shape index (κ3) is 4.72. The summed E-state index contributed by atoms with van der Waals surface area (Å²) in [5.41, 5.74) is 1.17. The van der Waals surface area contributed by atoms with E-state index in [9.17, 15) is 9.90 Å². The molecule has 1 saturated heterocycles. The van der Waals surface area contributed by atoms with Crippen molar-refractivity contribution in [3.63, 3.8) is 0 Å². The predicted molar refractivity (Wildman–Crippen MR) is 81.1 cm³/mol. The molecule has 0 saturated carbocycles. The molecule has 0 aromatic heterocycles. The summed E-state index contributed by atoms with van der Waals surface area (Å²) in [6, 6.07) is 7.91. The molecule has 1 aromatic rings. The zero-order valence-corrected chi connectivity index (χ0v) is 12.8. The van der Waals surface area contributed by atoms with Gasteiger partial charge in [-0.15, -0.1) is 0 Å². The van der Waals surface area contributed by atoms with Gasteiger partial charge in [0, 0.05) is 32.6 Å². The summed E-state index contributed by atoms with van der Waals surface area (Å²) in [6.45, 7) is 2.52. The fourth-order valence-corrected chi connectivity index (χ4v) is 2.68. The third-order valence-corrected chi connectivity index (χ3v) is 3.74. The Morgan fingerprint density at radius 2 is 2.10 bits per heavy atom. The first-order valence-corrected chi connectivity index (χ1v) is 7.36. The van der Waals surface area contributed by atoms with Crippen LogP contribution in [-0.4, -0.2) is 60.7 Å². The highest BCUT2D eigenvalue weighted by molar-refractivity contribution is 5.78. The molecule has 0 radical (unpaired) electrons. The van der Waals surface area contributed by atoms with Gasteiger partial charge in [-0.05, 0) is 31.2 Å². The lowest BCUT2D eigenvalue weighted by atomic mass is 10.2. The van der Waals surface area contributed by atoms with Crippen LogP contribution in [-0.2, 0) is 11.3 Å². The first kappa shape index (κ1) is 15.8. The molecule has 1 fully saturated rings. The van der Waals surface area contributed by atoms with Crippen LogP contribution >= 0.6 is 0 Å². The number of aliphatic hydroxyl groups excluding tert-OH is 1. The number of aliphatic hydroxyl groups is 1. The van der Waals surface area contributed by atoms with E-state index in [0.29, 0.717) is 19.5 Å². The highest BCUT2D eigenvalue weighted by Crippen LogP contribution is 2.13. The molecular formula is C16H24N2O3. The highest BCUT2D eigenvalue weighted by atomic mass is 16.5. The van der Waals surface area contributed by atoms with E-state index in [1.807, 2.05) is 31.3 Å². The van der Waals surface area contributed by atoms with Gasteiger partial charge in [-0.25, -0.2) is 0 Å². The quantitative estimate of drug-likeness (QED) is 0.818. The van der Waals surface area contributed by atoms with Crippen molar-refractivity contribution in [1.29, 1.82) is 0 Å². The van der Waals surface area contributed by atoms with Crippen molar-refractivity contribution in [2.24, 2.45) is 0 Å². The van der Waals surface area contributed by atoms with Gasteiger partial charge in [-0.3, -0.25) is 9.69 Å². The molecule has 1 heterocycles. The van der Waals surface area contributed by atoms with Crippen molar-refractivity contribution in [2.75, 3.05) is 33.8 Å². The maximum atomic E-state index is 11.5. The number of likely N-dealkylation sites (N-methyl/N-ethyl adjacent to an activating group) is 1. The van der Waals surface area contributed by atoms with Crippen LogP contribution in [0.15, 0.2) is 24.3 Å². The van der Waals surface area contributed by atoms with Crippen LogP contribution in [0.1, 0.15) is 18.4 Å². The smallest absolute Gasteiger partial charge is 0.222 e. The molecule has 1 aliphatic heterocycles. The number of methoxy groups -OCH3 is 1. The Kier molecular flexibility index (Phi) is 5.59. The summed E-state index contributed by atoms with van der Waals surface area (Å²) in [6.07, 6.45) is 1.03. The molecule has 21 heavy (non-hydrogen) atoms. The van der Waals surface area contributed by atoms with Gasteiger partial charge in [0.05, 0.1) is 13.2 Å². The lowest BCUT2D eigenvalue weighted by Crippen LogP contribution is -2.39. The van der Waals surface area contributed by atoms with Gasteiger partial charge < -0.3 is 14.7 Å². The molecule has 0 spiro atoms. The minimum atomic E-state index is -0.504. The monoisotopic (exact) mass is 292 g/mol. The van der Waals surface area contributed by atoms with E-state index >= 15 is 0 Å². The van der Waals surface area contributed by atoms with E-state index in [1.165, 1.54) is 5.56 Å². The second-order valence-electron chi connectivity index (χ2n) is 5.64. The Labute approximate surface area is 126 Å². The topological polar surface area (TPSA) is 53.0 Å². The van der Waals surface area contributed by atoms with E-state index in [1.54, 1.807) is 12.0 Å². The van der Waals surface area contributed by atoms with Gasteiger partial charge in [0.1, 0.15) is 5.75 Å². The Morgan fingerprint density at radius 3 is 2.67 bits per heavy atom. The number of β-amino-alcohol motifs (C(OH)–C–C–N with tert-alkyl or cyclic N) is 1. The molecule has 116 valence electrons. The van der Waals surface area contributed by atoms with Crippen molar-refractivity contribution >= 4 is 5.91 Å². The van der Waals surface area contributed by atoms with Crippen molar-refractivity contribution in [2.45, 2.75) is 25.5 Å². The number of carbonyl (C=O) groups excluding carboxylic acids is 1. The van der Waals surface area contributed by atoms with Crippen LogP contribution in [0.25, 0.3) is 0 Å². The molecule has 5 heteroatoms. The average molecular weight is 292 g/mol. The number of ether oxygens (including phenoxy) is 1. The zero-order valence-electron chi connectivity index (χ0n) is 12.8. The van der Waals surface area contributed by atoms with Crippen LogP contribution in [0.4, 0.5) is 0 Å². The van der Waals surface area contributed by atoms with Crippen LogP contribution < -0.4 is 4.74 Å². The number of benzene rings is 1. The summed E-state index contributed by atoms with van der Waals surface area (Å²) in [5.74, 6) is 1.00. The lowest BCUT2D eigenvalue weighted by molar-refractivity contribution is -0.129. The summed E-state index contributed by atoms with van der Waals surface area (Å²) >= 11 is 0. The van der Waals surface area contributed by atoms with E-state index in [0.717, 1.165) is 25.3 Å². The summed E-state index contributed by atoms with van der Waals surface area (Å²) in [4.78, 5) is 15.4. The number of amides is 1. The SMILES string of the molecule is COc1ccc(CN(C)CC(O)CN2CCCC2=O)cc1. The molecule has 1 amide bonds. The van der Waals surface area contributed by atoms with E-state index < -0.39 is 6.10 Å². The van der Waals surface area contributed by atoms with Gasteiger partial charge in [0.15, 0.2) is 0 Å². The minimum absolute atomic E-state index is 0.159. The second-order valence-corrected chi connectivity index (χ2v) is 5.64. The zero-order chi connectivity index (χ0) is 15.2. The largest absolute Gasteiger partial charge is 0.497 e. The van der Waals surface area contributed by atoms with Gasteiger partial charge >= 0.3 is 0 Å². The summed E-state index contributed by atoms with van der Waals surface area (Å²) in [5, 5.41) is 10.1. The number of likely N-dealkylation sites (tertiary alicyclic amines) is 1. The molecule has 2 rings (SSSR count). The normalized spacial score (nSPS) is 16.6. The maximum absolute atomic E-state index is 11.5. The van der Waals surface area contributed by atoms with E-state index in [-0.39, 0.29) is 5.91 Å². The van der Waals surface area contributed by atoms with Crippen LogP contribution in [0.2, 0.25) is 0 Å². The van der Waals surface area contributed by atoms with Crippen molar-refractivity contribution < 1.29 is 14.6 Å². The Hall–Kier alpha value is -1.59. The van der Waals surface area contributed by atoms with Crippen molar-refractivity contribution in [1.82, 2.24) is 9.80 Å². The maximum Gasteiger partial charge on any atom is 0.222 e. The van der Waals surface area contributed by atoms with Gasteiger partial charge in [0.2, 0.25) is 5.91 Å². The van der Waals surface area contributed by atoms with Crippen LogP contribution in [0.5, 0.6) is 5.75 Å². The molecule has 5 nitrogen and oxygen atoms in total. The fourth-order valence-electron chi connectivity index (χ4n) is 2.68. The fraction of sp³-hybridized carbons (Fsp3) is 0.562. The Bertz CT molecular complexity index is 461. The van der Waals surface area contributed by atoms with Gasteiger partial charge in [0.25, 0.3) is 0 Å². The van der Waals surface area contributed by atoms with Gasteiger partial charge in [-0.2, -0.15) is 0 Å². The number of nitrogens with zero attached hydrogens (tertiary/aromatic N) is 2. The molecule has 1 unspecified atom stereocenters. The average Bonchev–Trinajstić information content (AvgIpc) is 2.84. The second kappa shape index (κ2) is 7.43. The number of hydrogen-bond acceptors (Lipinski definition) is 4. The van der Waals surface area contributed by atoms with Crippen LogP contribution in [0.3, 0.4) is 0 Å². The Balaban J connectivity index is 1.77. The first-order valence-electron chi connectivity index (χ1n) is 7.36. The minimum Gasteiger partial charge on any atom is -0.497 e. The summed E-state index contributed by atoms with van der Waals surface area (Å²) < 4.78 is 5.13. The molecule has 1 aromatic carbocycles. The molecular weight excluding hydrogens is 268 g/mol. The molecule has 1 N–H and O–H groups in total. The molecule has 0 bridgehead atoms. The highest BCUT2D eigenvalue weighted by Gasteiger charge is 2.22.